The highest BCUT2D eigenvalue weighted by molar-refractivity contribution is 9.10. The van der Waals surface area contributed by atoms with Gasteiger partial charge in [0.2, 0.25) is 0 Å². The lowest BCUT2D eigenvalue weighted by atomic mass is 10.2. The molecule has 4 nitrogen and oxygen atoms in total. The Bertz CT molecular complexity index is 399. The smallest absolute Gasteiger partial charge is 0.255 e. The van der Waals surface area contributed by atoms with Crippen LogP contribution >= 0.6 is 15.9 Å². The molecule has 1 aromatic heterocycles. The van der Waals surface area contributed by atoms with Crippen LogP contribution < -0.4 is 0 Å². The van der Waals surface area contributed by atoms with Gasteiger partial charge in [0.05, 0.1) is 5.56 Å². The molecule has 1 aliphatic rings. The standard InChI is InChI=1S/C13H18BrN3O/c1-2-5-16-6-8-17(9-7-16)13(18)11-3-4-12(14)15-10-11/h3-4,10H,2,5-9H2,1H3. The number of carbonyl (C=O) groups excluding carboxylic acids is 1. The molecular formula is C13H18BrN3O. The van der Waals surface area contributed by atoms with E-state index in [1.54, 1.807) is 12.3 Å². The summed E-state index contributed by atoms with van der Waals surface area (Å²) in [6.45, 7) is 6.89. The number of nitrogens with zero attached hydrogens (tertiary/aromatic N) is 3. The van der Waals surface area contributed by atoms with Gasteiger partial charge in [-0.05, 0) is 41.0 Å². The molecule has 18 heavy (non-hydrogen) atoms. The van der Waals surface area contributed by atoms with Crippen molar-refractivity contribution in [3.63, 3.8) is 0 Å². The van der Waals surface area contributed by atoms with Crippen molar-refractivity contribution in [1.82, 2.24) is 14.8 Å². The predicted molar refractivity (Wildman–Crippen MR) is 74.6 cm³/mol. The predicted octanol–water partition coefficient (Wildman–Crippen LogP) is 2.01. The van der Waals surface area contributed by atoms with E-state index in [-0.39, 0.29) is 5.91 Å². The van der Waals surface area contributed by atoms with Gasteiger partial charge in [-0.1, -0.05) is 6.92 Å². The van der Waals surface area contributed by atoms with Gasteiger partial charge in [0.1, 0.15) is 4.60 Å². The SMILES string of the molecule is CCCN1CCN(C(=O)c2ccc(Br)nc2)CC1. The van der Waals surface area contributed by atoms with Crippen molar-refractivity contribution < 1.29 is 4.79 Å². The minimum atomic E-state index is 0.0890. The highest BCUT2D eigenvalue weighted by atomic mass is 79.9. The van der Waals surface area contributed by atoms with E-state index in [1.807, 2.05) is 11.0 Å². The summed E-state index contributed by atoms with van der Waals surface area (Å²) in [6.07, 6.45) is 2.80. The van der Waals surface area contributed by atoms with Gasteiger partial charge >= 0.3 is 0 Å². The van der Waals surface area contributed by atoms with E-state index in [1.165, 1.54) is 6.42 Å². The van der Waals surface area contributed by atoms with E-state index in [9.17, 15) is 4.79 Å². The number of carbonyl (C=O) groups is 1. The molecule has 1 fully saturated rings. The first-order chi connectivity index (χ1) is 8.70. The summed E-state index contributed by atoms with van der Waals surface area (Å²) in [4.78, 5) is 20.6. The highest BCUT2D eigenvalue weighted by Crippen LogP contribution is 2.11. The molecule has 0 bridgehead atoms. The molecule has 1 amide bonds. The van der Waals surface area contributed by atoms with Crippen LogP contribution in [0.4, 0.5) is 0 Å². The van der Waals surface area contributed by atoms with Gasteiger partial charge in [-0.15, -0.1) is 0 Å². The first kappa shape index (κ1) is 13.5. The molecule has 0 radical (unpaired) electrons. The lowest BCUT2D eigenvalue weighted by molar-refractivity contribution is 0.0637. The average molecular weight is 312 g/mol. The number of hydrogen-bond donors (Lipinski definition) is 0. The van der Waals surface area contributed by atoms with Crippen molar-refractivity contribution >= 4 is 21.8 Å². The summed E-state index contributed by atoms with van der Waals surface area (Å²) in [6, 6.07) is 3.62. The third-order valence-corrected chi connectivity index (χ3v) is 3.64. The Hall–Kier alpha value is -0.940. The zero-order chi connectivity index (χ0) is 13.0. The summed E-state index contributed by atoms with van der Waals surface area (Å²) in [5.41, 5.74) is 0.669. The lowest BCUT2D eigenvalue weighted by Crippen LogP contribution is -2.48. The molecule has 2 rings (SSSR count). The summed E-state index contributed by atoms with van der Waals surface area (Å²) < 4.78 is 0.756. The number of piperazine rings is 1. The van der Waals surface area contributed by atoms with E-state index >= 15 is 0 Å². The Morgan fingerprint density at radius 3 is 2.61 bits per heavy atom. The maximum Gasteiger partial charge on any atom is 0.255 e. The van der Waals surface area contributed by atoms with Crippen molar-refractivity contribution in [2.24, 2.45) is 0 Å². The Labute approximate surface area is 116 Å². The largest absolute Gasteiger partial charge is 0.336 e. The molecule has 98 valence electrons. The number of amides is 1. The third-order valence-electron chi connectivity index (χ3n) is 3.17. The van der Waals surface area contributed by atoms with E-state index in [2.05, 4.69) is 32.7 Å². The molecule has 5 heteroatoms. The molecule has 0 saturated carbocycles. The van der Waals surface area contributed by atoms with Crippen LogP contribution in [0.5, 0.6) is 0 Å². The second-order valence-corrected chi connectivity index (χ2v) is 5.32. The molecule has 0 aliphatic carbocycles. The minimum Gasteiger partial charge on any atom is -0.336 e. The van der Waals surface area contributed by atoms with E-state index in [0.29, 0.717) is 5.56 Å². The zero-order valence-electron chi connectivity index (χ0n) is 10.6. The molecule has 0 N–H and O–H groups in total. The van der Waals surface area contributed by atoms with Crippen LogP contribution in [0, 0.1) is 0 Å². The Morgan fingerprint density at radius 1 is 1.33 bits per heavy atom. The van der Waals surface area contributed by atoms with Crippen LogP contribution in [0.15, 0.2) is 22.9 Å². The number of aromatic nitrogens is 1. The van der Waals surface area contributed by atoms with Crippen molar-refractivity contribution in [3.05, 3.63) is 28.5 Å². The van der Waals surface area contributed by atoms with Crippen LogP contribution in [0.1, 0.15) is 23.7 Å². The Morgan fingerprint density at radius 2 is 2.06 bits per heavy atom. The number of halogens is 1. The van der Waals surface area contributed by atoms with Gasteiger partial charge in [0, 0.05) is 32.4 Å². The molecule has 0 unspecified atom stereocenters. The fourth-order valence-corrected chi connectivity index (χ4v) is 2.41. The van der Waals surface area contributed by atoms with Crippen LogP contribution in [0.3, 0.4) is 0 Å². The maximum atomic E-state index is 12.2. The van der Waals surface area contributed by atoms with E-state index in [0.717, 1.165) is 37.3 Å². The van der Waals surface area contributed by atoms with Crippen molar-refractivity contribution in [3.8, 4) is 0 Å². The second-order valence-electron chi connectivity index (χ2n) is 4.50. The molecule has 0 aromatic carbocycles. The quantitative estimate of drug-likeness (QED) is 0.801. The molecule has 0 spiro atoms. The number of rotatable bonds is 3. The maximum absolute atomic E-state index is 12.2. The van der Waals surface area contributed by atoms with Crippen molar-refractivity contribution in [2.75, 3.05) is 32.7 Å². The van der Waals surface area contributed by atoms with Crippen LogP contribution in [-0.2, 0) is 0 Å². The fourth-order valence-electron chi connectivity index (χ4n) is 2.18. The highest BCUT2D eigenvalue weighted by Gasteiger charge is 2.21. The van der Waals surface area contributed by atoms with Crippen LogP contribution in [0.25, 0.3) is 0 Å². The third kappa shape index (κ3) is 3.29. The van der Waals surface area contributed by atoms with Gasteiger partial charge in [-0.3, -0.25) is 9.69 Å². The Balaban J connectivity index is 1.93. The monoisotopic (exact) mass is 311 g/mol. The summed E-state index contributed by atoms with van der Waals surface area (Å²) in [5.74, 6) is 0.0890. The normalized spacial score (nSPS) is 16.9. The summed E-state index contributed by atoms with van der Waals surface area (Å²) >= 11 is 3.27. The first-order valence-corrected chi connectivity index (χ1v) is 7.13. The molecule has 1 saturated heterocycles. The number of hydrogen-bond acceptors (Lipinski definition) is 3. The Kier molecular flexibility index (Phi) is 4.72. The first-order valence-electron chi connectivity index (χ1n) is 6.34. The van der Waals surface area contributed by atoms with Crippen LogP contribution in [-0.4, -0.2) is 53.4 Å². The van der Waals surface area contributed by atoms with Gasteiger partial charge in [-0.2, -0.15) is 0 Å². The molecule has 2 heterocycles. The lowest BCUT2D eigenvalue weighted by Gasteiger charge is -2.34. The van der Waals surface area contributed by atoms with Gasteiger partial charge < -0.3 is 4.90 Å². The summed E-state index contributed by atoms with van der Waals surface area (Å²) in [7, 11) is 0. The van der Waals surface area contributed by atoms with E-state index < -0.39 is 0 Å². The van der Waals surface area contributed by atoms with Crippen molar-refractivity contribution in [2.45, 2.75) is 13.3 Å². The minimum absolute atomic E-state index is 0.0890. The van der Waals surface area contributed by atoms with Crippen LogP contribution in [0.2, 0.25) is 0 Å². The van der Waals surface area contributed by atoms with Crippen molar-refractivity contribution in [1.29, 1.82) is 0 Å². The second kappa shape index (κ2) is 6.29. The fraction of sp³-hybridized carbons (Fsp3) is 0.538. The molecule has 1 aliphatic heterocycles. The number of pyridine rings is 1. The van der Waals surface area contributed by atoms with E-state index in [4.69, 9.17) is 0 Å². The topological polar surface area (TPSA) is 36.4 Å². The zero-order valence-corrected chi connectivity index (χ0v) is 12.2. The molecule has 0 atom stereocenters. The molecular weight excluding hydrogens is 294 g/mol. The van der Waals surface area contributed by atoms with Gasteiger partial charge in [-0.25, -0.2) is 4.98 Å². The average Bonchev–Trinajstić information content (AvgIpc) is 2.40. The molecule has 1 aromatic rings. The van der Waals surface area contributed by atoms with Gasteiger partial charge in [0.25, 0.3) is 5.91 Å². The van der Waals surface area contributed by atoms with Gasteiger partial charge in [0.15, 0.2) is 0 Å². The summed E-state index contributed by atoms with van der Waals surface area (Å²) in [5, 5.41) is 0.